The van der Waals surface area contributed by atoms with Crippen LogP contribution in [0.3, 0.4) is 0 Å². The van der Waals surface area contributed by atoms with Crippen LogP contribution < -0.4 is 5.32 Å². The van der Waals surface area contributed by atoms with Gasteiger partial charge < -0.3 is 15.2 Å². The van der Waals surface area contributed by atoms with Crippen LogP contribution in [0.2, 0.25) is 0 Å². The molecule has 0 radical (unpaired) electrons. The minimum Gasteiger partial charge on any atom is -0.462 e. The SMILES string of the molecule is CCOC(=O)c1cnc2ccc(F)cc2c1NCC(O)c1cnn(C)c1. The zero-order chi connectivity index (χ0) is 18.7. The first-order valence-electron chi connectivity index (χ1n) is 8.15. The lowest BCUT2D eigenvalue weighted by Crippen LogP contribution is -2.16. The Bertz CT molecular complexity index is 941. The van der Waals surface area contributed by atoms with Crippen molar-refractivity contribution in [3.63, 3.8) is 0 Å². The summed E-state index contributed by atoms with van der Waals surface area (Å²) in [6, 6.07) is 4.12. The molecule has 2 heterocycles. The lowest BCUT2D eigenvalue weighted by Gasteiger charge is -2.16. The summed E-state index contributed by atoms with van der Waals surface area (Å²) in [4.78, 5) is 16.4. The summed E-state index contributed by atoms with van der Waals surface area (Å²) < 4.78 is 20.4. The number of hydrogen-bond acceptors (Lipinski definition) is 6. The van der Waals surface area contributed by atoms with Crippen LogP contribution >= 0.6 is 0 Å². The predicted molar refractivity (Wildman–Crippen MR) is 94.3 cm³/mol. The summed E-state index contributed by atoms with van der Waals surface area (Å²) >= 11 is 0. The second-order valence-corrected chi connectivity index (χ2v) is 5.77. The normalized spacial score (nSPS) is 12.2. The van der Waals surface area contributed by atoms with Gasteiger partial charge in [-0.05, 0) is 25.1 Å². The minimum absolute atomic E-state index is 0.105. The van der Waals surface area contributed by atoms with Gasteiger partial charge in [-0.3, -0.25) is 9.67 Å². The molecule has 1 atom stereocenters. The maximum Gasteiger partial charge on any atom is 0.341 e. The largest absolute Gasteiger partial charge is 0.462 e. The molecule has 0 saturated heterocycles. The number of halogens is 1. The summed E-state index contributed by atoms with van der Waals surface area (Å²) in [6.07, 6.45) is 3.79. The van der Waals surface area contributed by atoms with Gasteiger partial charge in [-0.25, -0.2) is 9.18 Å². The molecule has 0 spiro atoms. The van der Waals surface area contributed by atoms with Crippen molar-refractivity contribution in [2.24, 2.45) is 7.05 Å². The molecule has 0 fully saturated rings. The van der Waals surface area contributed by atoms with Crippen molar-refractivity contribution in [3.8, 4) is 0 Å². The number of anilines is 1. The van der Waals surface area contributed by atoms with Crippen LogP contribution in [-0.2, 0) is 11.8 Å². The van der Waals surface area contributed by atoms with Gasteiger partial charge in [0.15, 0.2) is 0 Å². The van der Waals surface area contributed by atoms with Crippen molar-refractivity contribution < 1.29 is 19.0 Å². The van der Waals surface area contributed by atoms with Crippen molar-refractivity contribution in [1.29, 1.82) is 0 Å². The summed E-state index contributed by atoms with van der Waals surface area (Å²) in [5.74, 6) is -1.01. The zero-order valence-corrected chi connectivity index (χ0v) is 14.4. The smallest absolute Gasteiger partial charge is 0.341 e. The van der Waals surface area contributed by atoms with E-state index < -0.39 is 17.9 Å². The van der Waals surface area contributed by atoms with Gasteiger partial charge >= 0.3 is 5.97 Å². The molecule has 0 saturated carbocycles. The van der Waals surface area contributed by atoms with Crippen LogP contribution in [0.5, 0.6) is 0 Å². The number of esters is 1. The fraction of sp³-hybridized carbons (Fsp3) is 0.278. The molecule has 136 valence electrons. The number of aliphatic hydroxyl groups excluding tert-OH is 1. The van der Waals surface area contributed by atoms with Gasteiger partial charge in [-0.2, -0.15) is 5.10 Å². The van der Waals surface area contributed by atoms with E-state index in [0.29, 0.717) is 22.2 Å². The Kier molecular flexibility index (Phi) is 5.13. The molecule has 8 heteroatoms. The van der Waals surface area contributed by atoms with Gasteiger partial charge in [0.25, 0.3) is 0 Å². The average Bonchev–Trinajstić information content (AvgIpc) is 3.06. The third-order valence-corrected chi connectivity index (χ3v) is 3.91. The first kappa shape index (κ1) is 17.8. The van der Waals surface area contributed by atoms with E-state index in [9.17, 15) is 14.3 Å². The second-order valence-electron chi connectivity index (χ2n) is 5.77. The van der Waals surface area contributed by atoms with Crippen LogP contribution in [0.1, 0.15) is 28.9 Å². The van der Waals surface area contributed by atoms with Crippen molar-refractivity contribution in [1.82, 2.24) is 14.8 Å². The number of aryl methyl sites for hydroxylation is 1. The Morgan fingerprint density at radius 2 is 2.23 bits per heavy atom. The Balaban J connectivity index is 1.96. The van der Waals surface area contributed by atoms with E-state index in [-0.39, 0.29) is 18.7 Å². The molecule has 0 bridgehead atoms. The summed E-state index contributed by atoms with van der Waals surface area (Å²) in [5.41, 5.74) is 1.71. The van der Waals surface area contributed by atoms with Gasteiger partial charge in [0, 0.05) is 36.9 Å². The van der Waals surface area contributed by atoms with Crippen LogP contribution in [0.25, 0.3) is 10.9 Å². The Labute approximate surface area is 149 Å². The van der Waals surface area contributed by atoms with Crippen molar-refractivity contribution in [3.05, 3.63) is 53.7 Å². The molecule has 0 aliphatic heterocycles. The quantitative estimate of drug-likeness (QED) is 0.658. The highest BCUT2D eigenvalue weighted by molar-refractivity contribution is 6.04. The van der Waals surface area contributed by atoms with Gasteiger partial charge in [0.2, 0.25) is 0 Å². The lowest BCUT2D eigenvalue weighted by molar-refractivity contribution is 0.0527. The third-order valence-electron chi connectivity index (χ3n) is 3.91. The number of carbonyl (C=O) groups is 1. The lowest BCUT2D eigenvalue weighted by atomic mass is 10.1. The maximum absolute atomic E-state index is 13.7. The molecule has 2 N–H and O–H groups in total. The van der Waals surface area contributed by atoms with Gasteiger partial charge in [0.05, 0.1) is 30.1 Å². The van der Waals surface area contributed by atoms with Gasteiger partial charge in [0.1, 0.15) is 11.4 Å². The molecule has 7 nitrogen and oxygen atoms in total. The molecular weight excluding hydrogens is 339 g/mol. The van der Waals surface area contributed by atoms with Gasteiger partial charge in [-0.1, -0.05) is 0 Å². The first-order valence-corrected chi connectivity index (χ1v) is 8.15. The van der Waals surface area contributed by atoms with Crippen LogP contribution in [0, 0.1) is 5.82 Å². The fourth-order valence-corrected chi connectivity index (χ4v) is 2.65. The fourth-order valence-electron chi connectivity index (χ4n) is 2.65. The van der Waals surface area contributed by atoms with Crippen molar-refractivity contribution in [2.45, 2.75) is 13.0 Å². The van der Waals surface area contributed by atoms with Crippen LogP contribution in [-0.4, -0.2) is 39.0 Å². The zero-order valence-electron chi connectivity index (χ0n) is 14.4. The van der Waals surface area contributed by atoms with E-state index in [2.05, 4.69) is 15.4 Å². The Morgan fingerprint density at radius 1 is 1.42 bits per heavy atom. The number of rotatable bonds is 6. The number of pyridine rings is 1. The summed E-state index contributed by atoms with van der Waals surface area (Å²) in [6.45, 7) is 2.01. The molecule has 1 aromatic carbocycles. The number of aliphatic hydroxyl groups is 1. The second kappa shape index (κ2) is 7.49. The van der Waals surface area contributed by atoms with E-state index in [1.165, 1.54) is 24.4 Å². The highest BCUT2D eigenvalue weighted by Gasteiger charge is 2.18. The monoisotopic (exact) mass is 358 g/mol. The molecular formula is C18H19FN4O3. The minimum atomic E-state index is -0.851. The van der Waals surface area contributed by atoms with Crippen LogP contribution in [0.4, 0.5) is 10.1 Å². The number of benzene rings is 1. The van der Waals surface area contributed by atoms with E-state index in [1.54, 1.807) is 31.0 Å². The molecule has 2 aromatic heterocycles. The molecule has 3 rings (SSSR count). The molecule has 0 aliphatic rings. The summed E-state index contributed by atoms with van der Waals surface area (Å²) in [7, 11) is 1.75. The topological polar surface area (TPSA) is 89.3 Å². The van der Waals surface area contributed by atoms with Crippen molar-refractivity contribution in [2.75, 3.05) is 18.5 Å². The molecule has 0 aliphatic carbocycles. The van der Waals surface area contributed by atoms with E-state index in [4.69, 9.17) is 4.74 Å². The Morgan fingerprint density at radius 3 is 2.92 bits per heavy atom. The standard InChI is InChI=1S/C18H19FN4O3/c1-3-26-18(25)14-8-20-15-5-4-12(19)6-13(15)17(14)21-9-16(24)11-7-22-23(2)10-11/h4-8,10,16,24H,3,9H2,1-2H3,(H,20,21). The third kappa shape index (κ3) is 3.65. The summed E-state index contributed by atoms with van der Waals surface area (Å²) in [5, 5.41) is 17.8. The number of nitrogens with one attached hydrogen (secondary N) is 1. The van der Waals surface area contributed by atoms with E-state index >= 15 is 0 Å². The van der Waals surface area contributed by atoms with Crippen molar-refractivity contribution >= 4 is 22.6 Å². The average molecular weight is 358 g/mol. The number of carbonyl (C=O) groups excluding carboxylic acids is 1. The number of hydrogen-bond donors (Lipinski definition) is 2. The maximum atomic E-state index is 13.7. The first-order chi connectivity index (χ1) is 12.5. The predicted octanol–water partition coefficient (Wildman–Crippen LogP) is 2.43. The number of ether oxygens (including phenoxy) is 1. The number of aromatic nitrogens is 3. The van der Waals surface area contributed by atoms with E-state index in [1.807, 2.05) is 0 Å². The molecule has 26 heavy (non-hydrogen) atoms. The Hall–Kier alpha value is -3.00. The number of fused-ring (bicyclic) bond motifs is 1. The van der Waals surface area contributed by atoms with E-state index in [0.717, 1.165) is 0 Å². The van der Waals surface area contributed by atoms with Crippen LogP contribution in [0.15, 0.2) is 36.8 Å². The van der Waals surface area contributed by atoms with Gasteiger partial charge in [-0.15, -0.1) is 0 Å². The highest BCUT2D eigenvalue weighted by Crippen LogP contribution is 2.28. The number of nitrogens with zero attached hydrogens (tertiary/aromatic N) is 3. The molecule has 0 amide bonds. The molecule has 3 aromatic rings. The molecule has 1 unspecified atom stereocenters. The highest BCUT2D eigenvalue weighted by atomic mass is 19.1.